The molecule has 0 aliphatic carbocycles. The monoisotopic (exact) mass is 150 g/mol. The molecule has 0 rings (SSSR count). The highest BCUT2D eigenvalue weighted by Gasteiger charge is 2.14. The number of esters is 1. The molecule has 60 valence electrons. The van der Waals surface area contributed by atoms with E-state index in [0.29, 0.717) is 0 Å². The van der Waals surface area contributed by atoms with Crippen molar-refractivity contribution < 1.29 is 24.5 Å². The average Bonchev–Trinajstić information content (AvgIpc) is 1.98. The van der Waals surface area contributed by atoms with Gasteiger partial charge in [0.25, 0.3) is 6.29 Å². The van der Waals surface area contributed by atoms with Gasteiger partial charge in [-0.25, -0.2) is 4.79 Å². The fourth-order valence-electron chi connectivity index (χ4n) is 0.333. The van der Waals surface area contributed by atoms with Gasteiger partial charge in [-0.05, 0) is 0 Å². The van der Waals surface area contributed by atoms with E-state index in [-0.39, 0.29) is 13.2 Å². The Kier molecular flexibility index (Phi) is 4.82. The van der Waals surface area contributed by atoms with Gasteiger partial charge in [-0.15, -0.1) is 0 Å². The first-order valence-corrected chi connectivity index (χ1v) is 2.70. The van der Waals surface area contributed by atoms with Gasteiger partial charge in [-0.1, -0.05) is 0 Å². The van der Waals surface area contributed by atoms with Gasteiger partial charge in [0.1, 0.15) is 0 Å². The molecule has 0 radical (unpaired) electrons. The largest absolute Gasteiger partial charge is 0.465 e. The van der Waals surface area contributed by atoms with Crippen molar-refractivity contribution in [1.29, 1.82) is 0 Å². The molecule has 0 aliphatic heterocycles. The number of carbonyl (C=O) groups is 1. The van der Waals surface area contributed by atoms with Gasteiger partial charge in [0.2, 0.25) is 0 Å². The van der Waals surface area contributed by atoms with Gasteiger partial charge in [0, 0.05) is 0 Å². The fourth-order valence-corrected chi connectivity index (χ4v) is 0.333. The summed E-state index contributed by atoms with van der Waals surface area (Å²) in [5.41, 5.74) is 0. The third-order valence-corrected chi connectivity index (χ3v) is 0.770. The van der Waals surface area contributed by atoms with Crippen molar-refractivity contribution in [3.8, 4) is 0 Å². The Balaban J connectivity index is 3.41. The second-order valence-electron chi connectivity index (χ2n) is 1.47. The minimum absolute atomic E-state index is 0.0870. The van der Waals surface area contributed by atoms with Crippen molar-refractivity contribution >= 4 is 5.97 Å². The van der Waals surface area contributed by atoms with E-state index in [1.165, 1.54) is 0 Å². The van der Waals surface area contributed by atoms with Gasteiger partial charge in [-0.2, -0.15) is 0 Å². The van der Waals surface area contributed by atoms with Crippen LogP contribution in [0.2, 0.25) is 0 Å². The van der Waals surface area contributed by atoms with Gasteiger partial charge >= 0.3 is 5.97 Å². The molecule has 0 aromatic carbocycles. The molecule has 0 aliphatic rings. The van der Waals surface area contributed by atoms with Crippen LogP contribution in [0.25, 0.3) is 0 Å². The Bertz CT molecular complexity index is 102. The molecule has 1 unspecified atom stereocenters. The molecule has 5 nitrogen and oxygen atoms in total. The molecule has 0 aromatic rings. The summed E-state index contributed by atoms with van der Waals surface area (Å²) in [6.45, 7) is -0.329. The fraction of sp³-hybridized carbons (Fsp3) is 0.800. The average molecular weight is 150 g/mol. The molecule has 2 N–H and O–H groups in total. The number of ether oxygens (including phenoxy) is 2. The zero-order valence-corrected chi connectivity index (χ0v) is 5.61. The Labute approximate surface area is 58.2 Å². The summed E-state index contributed by atoms with van der Waals surface area (Å²) in [6, 6.07) is 0. The Hall–Kier alpha value is -0.650. The number of aliphatic hydroxyl groups is 2. The van der Waals surface area contributed by atoms with E-state index in [0.717, 1.165) is 7.11 Å². The Morgan fingerprint density at radius 1 is 1.70 bits per heavy atom. The van der Waals surface area contributed by atoms with Crippen LogP contribution in [0, 0.1) is 0 Å². The molecular formula is C5H10O5. The normalized spacial score (nSPS) is 12.7. The highest BCUT2D eigenvalue weighted by molar-refractivity contribution is 5.72. The summed E-state index contributed by atoms with van der Waals surface area (Å²) < 4.78 is 8.49. The van der Waals surface area contributed by atoms with E-state index in [4.69, 9.17) is 10.2 Å². The molecule has 0 bridgehead atoms. The van der Waals surface area contributed by atoms with E-state index < -0.39 is 12.3 Å². The molecule has 0 fully saturated rings. The van der Waals surface area contributed by atoms with E-state index in [2.05, 4.69) is 9.47 Å². The maximum absolute atomic E-state index is 10.3. The molecule has 0 spiro atoms. The third kappa shape index (κ3) is 3.39. The Morgan fingerprint density at radius 2 is 2.30 bits per heavy atom. The van der Waals surface area contributed by atoms with Crippen molar-refractivity contribution in [3.63, 3.8) is 0 Å². The van der Waals surface area contributed by atoms with Crippen LogP contribution in [0.3, 0.4) is 0 Å². The quantitative estimate of drug-likeness (QED) is 0.376. The molecule has 10 heavy (non-hydrogen) atoms. The van der Waals surface area contributed by atoms with E-state index >= 15 is 0 Å². The summed E-state index contributed by atoms with van der Waals surface area (Å²) in [5, 5.41) is 16.8. The van der Waals surface area contributed by atoms with Crippen LogP contribution in [0.15, 0.2) is 0 Å². The first-order valence-electron chi connectivity index (χ1n) is 2.70. The molecule has 1 atom stereocenters. The third-order valence-electron chi connectivity index (χ3n) is 0.770. The highest BCUT2D eigenvalue weighted by Crippen LogP contribution is 1.88. The standard InChI is InChI=1S/C5H10O5/c1-9-4(7)5(8)10-3-2-6/h5-6,8H,2-3H2,1H3. The molecule has 0 heterocycles. The maximum Gasteiger partial charge on any atom is 0.363 e. The summed E-state index contributed by atoms with van der Waals surface area (Å²) in [7, 11) is 1.13. The van der Waals surface area contributed by atoms with Crippen molar-refractivity contribution in [2.75, 3.05) is 20.3 Å². The number of rotatable bonds is 4. The lowest BCUT2D eigenvalue weighted by Gasteiger charge is -2.06. The molecule has 0 saturated heterocycles. The predicted octanol–water partition coefficient (Wildman–Crippen LogP) is -1.51. The van der Waals surface area contributed by atoms with Crippen LogP contribution < -0.4 is 0 Å². The minimum Gasteiger partial charge on any atom is -0.465 e. The van der Waals surface area contributed by atoms with E-state index in [9.17, 15) is 4.79 Å². The van der Waals surface area contributed by atoms with Crippen LogP contribution in [0.4, 0.5) is 0 Å². The van der Waals surface area contributed by atoms with E-state index in [1.54, 1.807) is 0 Å². The predicted molar refractivity (Wildman–Crippen MR) is 31.1 cm³/mol. The highest BCUT2D eigenvalue weighted by atomic mass is 16.6. The first-order chi connectivity index (χ1) is 4.72. The summed E-state index contributed by atoms with van der Waals surface area (Å²) in [5.74, 6) is -0.867. The van der Waals surface area contributed by atoms with Crippen LogP contribution in [-0.4, -0.2) is 42.8 Å². The van der Waals surface area contributed by atoms with Crippen molar-refractivity contribution in [3.05, 3.63) is 0 Å². The Morgan fingerprint density at radius 3 is 2.70 bits per heavy atom. The summed E-state index contributed by atoms with van der Waals surface area (Å²) >= 11 is 0. The molecular weight excluding hydrogens is 140 g/mol. The second kappa shape index (κ2) is 5.16. The smallest absolute Gasteiger partial charge is 0.363 e. The zero-order chi connectivity index (χ0) is 7.98. The number of aliphatic hydroxyl groups excluding tert-OH is 2. The van der Waals surface area contributed by atoms with Crippen LogP contribution in [-0.2, 0) is 14.3 Å². The topological polar surface area (TPSA) is 76.0 Å². The van der Waals surface area contributed by atoms with Crippen molar-refractivity contribution in [1.82, 2.24) is 0 Å². The van der Waals surface area contributed by atoms with Crippen molar-refractivity contribution in [2.24, 2.45) is 0 Å². The van der Waals surface area contributed by atoms with Crippen LogP contribution >= 0.6 is 0 Å². The number of hydrogen-bond donors (Lipinski definition) is 2. The molecule has 0 amide bonds. The lowest BCUT2D eigenvalue weighted by Crippen LogP contribution is -2.26. The van der Waals surface area contributed by atoms with Gasteiger partial charge in [0.05, 0.1) is 20.3 Å². The molecule has 5 heteroatoms. The second-order valence-corrected chi connectivity index (χ2v) is 1.47. The maximum atomic E-state index is 10.3. The van der Waals surface area contributed by atoms with Gasteiger partial charge in [-0.3, -0.25) is 0 Å². The van der Waals surface area contributed by atoms with Gasteiger partial charge in [0.15, 0.2) is 0 Å². The lowest BCUT2D eigenvalue weighted by atomic mass is 10.6. The zero-order valence-electron chi connectivity index (χ0n) is 5.61. The number of carbonyl (C=O) groups excluding carboxylic acids is 1. The van der Waals surface area contributed by atoms with Crippen LogP contribution in [0.1, 0.15) is 0 Å². The molecule has 0 saturated carbocycles. The van der Waals surface area contributed by atoms with E-state index in [1.807, 2.05) is 0 Å². The van der Waals surface area contributed by atoms with Gasteiger partial charge < -0.3 is 19.7 Å². The lowest BCUT2D eigenvalue weighted by molar-refractivity contribution is -0.181. The number of methoxy groups -OCH3 is 1. The summed E-state index contributed by atoms with van der Waals surface area (Å²) in [4.78, 5) is 10.3. The SMILES string of the molecule is COC(=O)C(O)OCCO. The molecule has 0 aromatic heterocycles. The number of hydrogen-bond acceptors (Lipinski definition) is 5. The summed E-state index contributed by atoms with van der Waals surface area (Å²) in [6.07, 6.45) is -1.59. The minimum atomic E-state index is -1.59. The van der Waals surface area contributed by atoms with Crippen molar-refractivity contribution in [2.45, 2.75) is 6.29 Å². The first kappa shape index (κ1) is 9.35. The van der Waals surface area contributed by atoms with Crippen LogP contribution in [0.5, 0.6) is 0 Å².